The van der Waals surface area contributed by atoms with Crippen LogP contribution in [-0.2, 0) is 4.79 Å². The number of unbranched alkanes of at least 4 members (excludes halogenated alkanes) is 1. The zero-order chi connectivity index (χ0) is 9.82. The van der Waals surface area contributed by atoms with Crippen LogP contribution in [0.25, 0.3) is 0 Å². The Morgan fingerprint density at radius 3 is 2.08 bits per heavy atom. The van der Waals surface area contributed by atoms with Gasteiger partial charge in [-0.05, 0) is 12.8 Å². The van der Waals surface area contributed by atoms with Crippen molar-refractivity contribution in [3.05, 3.63) is 12.2 Å². The molecule has 0 unspecified atom stereocenters. The maximum absolute atomic E-state index is 9.00. The highest BCUT2D eigenvalue weighted by molar-refractivity contribution is 5.62. The van der Waals surface area contributed by atoms with E-state index >= 15 is 0 Å². The number of carbonyl (C=O) groups is 1. The van der Waals surface area contributed by atoms with Crippen LogP contribution in [0.1, 0.15) is 33.1 Å². The highest BCUT2D eigenvalue weighted by atomic mass is 16.4. The fraction of sp³-hybridized carbons (Fsp3) is 0.667. The number of hydrogen-bond donors (Lipinski definition) is 2. The van der Waals surface area contributed by atoms with Crippen LogP contribution in [0.3, 0.4) is 0 Å². The standard InChI is InChI=1S/C7H14O.C2H4O2/c1-2-3-4-5-6-7-8;1-2(3)4/h4-5,8H,2-3,6-7H2,1H3;1H3,(H,3,4)/b5-4+;. The van der Waals surface area contributed by atoms with Crippen LogP contribution in [0, 0.1) is 0 Å². The molecule has 0 aliphatic rings. The molecule has 72 valence electrons. The Labute approximate surface area is 73.7 Å². The molecular weight excluding hydrogens is 156 g/mol. The normalized spacial score (nSPS) is 9.25. The van der Waals surface area contributed by atoms with Crippen LogP contribution < -0.4 is 0 Å². The van der Waals surface area contributed by atoms with Gasteiger partial charge in [0, 0.05) is 13.5 Å². The van der Waals surface area contributed by atoms with E-state index in [0.29, 0.717) is 0 Å². The largest absolute Gasteiger partial charge is 0.481 e. The Morgan fingerprint density at radius 1 is 1.33 bits per heavy atom. The molecule has 0 aromatic heterocycles. The lowest BCUT2D eigenvalue weighted by molar-refractivity contribution is -0.134. The first-order valence-corrected chi connectivity index (χ1v) is 4.10. The van der Waals surface area contributed by atoms with Crippen molar-refractivity contribution < 1.29 is 15.0 Å². The van der Waals surface area contributed by atoms with Gasteiger partial charge < -0.3 is 10.2 Å². The second kappa shape index (κ2) is 12.8. The second-order valence-electron chi connectivity index (χ2n) is 2.29. The van der Waals surface area contributed by atoms with Crippen LogP contribution in [0.2, 0.25) is 0 Å². The third-order valence-electron chi connectivity index (χ3n) is 0.918. The van der Waals surface area contributed by atoms with Gasteiger partial charge in [0.2, 0.25) is 0 Å². The maximum atomic E-state index is 9.00. The Bertz CT molecular complexity index is 107. The predicted octanol–water partition coefficient (Wildman–Crippen LogP) is 1.82. The number of aliphatic hydroxyl groups excluding tert-OH is 1. The summed E-state index contributed by atoms with van der Waals surface area (Å²) in [6.07, 6.45) is 7.27. The minimum absolute atomic E-state index is 0.278. The molecule has 0 aliphatic carbocycles. The Morgan fingerprint density at radius 2 is 1.75 bits per heavy atom. The van der Waals surface area contributed by atoms with Gasteiger partial charge >= 0.3 is 0 Å². The minimum Gasteiger partial charge on any atom is -0.481 e. The van der Waals surface area contributed by atoms with Gasteiger partial charge in [-0.3, -0.25) is 4.79 Å². The van der Waals surface area contributed by atoms with E-state index in [1.807, 2.05) is 6.08 Å². The quantitative estimate of drug-likeness (QED) is 0.639. The lowest BCUT2D eigenvalue weighted by Crippen LogP contribution is -1.78. The van der Waals surface area contributed by atoms with Crippen molar-refractivity contribution in [1.82, 2.24) is 0 Å². The van der Waals surface area contributed by atoms with Gasteiger partial charge in [0.15, 0.2) is 0 Å². The third kappa shape index (κ3) is 35.2. The van der Waals surface area contributed by atoms with E-state index in [0.717, 1.165) is 19.8 Å². The molecule has 2 N–H and O–H groups in total. The van der Waals surface area contributed by atoms with E-state index in [9.17, 15) is 0 Å². The zero-order valence-electron chi connectivity index (χ0n) is 7.79. The number of rotatable bonds is 4. The average Bonchev–Trinajstić information content (AvgIpc) is 1.97. The molecule has 0 heterocycles. The Kier molecular flexibility index (Phi) is 14.7. The fourth-order valence-electron chi connectivity index (χ4n) is 0.477. The van der Waals surface area contributed by atoms with Gasteiger partial charge in [0.1, 0.15) is 0 Å². The SMILES string of the molecule is CC(=O)O.CCC/C=C/CCO. The Hall–Kier alpha value is -0.830. The molecule has 0 aliphatic heterocycles. The first-order chi connectivity index (χ1) is 5.65. The van der Waals surface area contributed by atoms with Gasteiger partial charge in [0.25, 0.3) is 5.97 Å². The molecule has 0 saturated heterocycles. The summed E-state index contributed by atoms with van der Waals surface area (Å²) >= 11 is 0. The molecule has 12 heavy (non-hydrogen) atoms. The molecule has 0 bridgehead atoms. The van der Waals surface area contributed by atoms with Crippen molar-refractivity contribution >= 4 is 5.97 Å². The van der Waals surface area contributed by atoms with Crippen molar-refractivity contribution in [3.8, 4) is 0 Å². The highest BCUT2D eigenvalue weighted by Gasteiger charge is 1.72. The molecule has 0 aromatic rings. The summed E-state index contributed by atoms with van der Waals surface area (Å²) in [6, 6.07) is 0. The zero-order valence-corrected chi connectivity index (χ0v) is 7.79. The van der Waals surface area contributed by atoms with Gasteiger partial charge in [-0.1, -0.05) is 25.5 Å². The number of carboxylic acid groups (broad SMARTS) is 1. The summed E-state index contributed by atoms with van der Waals surface area (Å²) in [5.41, 5.74) is 0. The summed E-state index contributed by atoms with van der Waals surface area (Å²) in [5.74, 6) is -0.833. The molecule has 0 rings (SSSR count). The highest BCUT2D eigenvalue weighted by Crippen LogP contribution is 1.89. The van der Waals surface area contributed by atoms with Crippen molar-refractivity contribution in [2.75, 3.05) is 6.61 Å². The summed E-state index contributed by atoms with van der Waals surface area (Å²) in [6.45, 7) is 3.50. The predicted molar refractivity (Wildman–Crippen MR) is 49.1 cm³/mol. The van der Waals surface area contributed by atoms with Crippen LogP contribution in [0.15, 0.2) is 12.2 Å². The van der Waals surface area contributed by atoms with E-state index in [1.165, 1.54) is 6.42 Å². The van der Waals surface area contributed by atoms with Crippen LogP contribution in [-0.4, -0.2) is 22.8 Å². The van der Waals surface area contributed by atoms with Gasteiger partial charge in [-0.15, -0.1) is 0 Å². The van der Waals surface area contributed by atoms with Gasteiger partial charge in [-0.2, -0.15) is 0 Å². The summed E-state index contributed by atoms with van der Waals surface area (Å²) in [5, 5.41) is 15.7. The number of hydrogen-bond acceptors (Lipinski definition) is 2. The summed E-state index contributed by atoms with van der Waals surface area (Å²) in [7, 11) is 0. The van der Waals surface area contributed by atoms with Crippen molar-refractivity contribution in [2.24, 2.45) is 0 Å². The molecule has 3 heteroatoms. The molecule has 0 spiro atoms. The van der Waals surface area contributed by atoms with E-state index in [1.54, 1.807) is 0 Å². The summed E-state index contributed by atoms with van der Waals surface area (Å²) in [4.78, 5) is 9.00. The van der Waals surface area contributed by atoms with Crippen LogP contribution in [0.5, 0.6) is 0 Å². The maximum Gasteiger partial charge on any atom is 0.300 e. The minimum atomic E-state index is -0.833. The molecule has 3 nitrogen and oxygen atoms in total. The third-order valence-corrected chi connectivity index (χ3v) is 0.918. The number of aliphatic hydroxyl groups is 1. The van der Waals surface area contributed by atoms with Crippen molar-refractivity contribution in [1.29, 1.82) is 0 Å². The summed E-state index contributed by atoms with van der Waals surface area (Å²) < 4.78 is 0. The molecule has 0 radical (unpaired) electrons. The van der Waals surface area contributed by atoms with E-state index in [-0.39, 0.29) is 6.61 Å². The molecule has 0 aromatic carbocycles. The fourth-order valence-corrected chi connectivity index (χ4v) is 0.477. The first-order valence-electron chi connectivity index (χ1n) is 4.10. The average molecular weight is 174 g/mol. The smallest absolute Gasteiger partial charge is 0.300 e. The van der Waals surface area contributed by atoms with E-state index in [2.05, 4.69) is 13.0 Å². The molecule has 0 amide bonds. The van der Waals surface area contributed by atoms with E-state index < -0.39 is 5.97 Å². The monoisotopic (exact) mass is 174 g/mol. The first kappa shape index (κ1) is 13.7. The number of aliphatic carboxylic acids is 1. The number of carboxylic acids is 1. The van der Waals surface area contributed by atoms with Crippen molar-refractivity contribution in [2.45, 2.75) is 33.1 Å². The Balaban J connectivity index is 0. The molecule has 0 atom stereocenters. The second-order valence-corrected chi connectivity index (χ2v) is 2.29. The number of allylic oxidation sites excluding steroid dienone is 1. The van der Waals surface area contributed by atoms with Gasteiger partial charge in [0.05, 0.1) is 0 Å². The molecular formula is C9H18O3. The van der Waals surface area contributed by atoms with Crippen LogP contribution >= 0.6 is 0 Å². The van der Waals surface area contributed by atoms with Crippen molar-refractivity contribution in [3.63, 3.8) is 0 Å². The van der Waals surface area contributed by atoms with E-state index in [4.69, 9.17) is 15.0 Å². The lowest BCUT2D eigenvalue weighted by atomic mass is 10.3. The molecule has 0 fully saturated rings. The lowest BCUT2D eigenvalue weighted by Gasteiger charge is -1.83. The topological polar surface area (TPSA) is 57.5 Å². The van der Waals surface area contributed by atoms with Gasteiger partial charge in [-0.25, -0.2) is 0 Å². The van der Waals surface area contributed by atoms with Crippen LogP contribution in [0.4, 0.5) is 0 Å². The molecule has 0 saturated carbocycles.